The molecule has 4 nitrogen and oxygen atoms in total. The van der Waals surface area contributed by atoms with Gasteiger partial charge < -0.3 is 10.8 Å². The minimum atomic E-state index is -0.948. The van der Waals surface area contributed by atoms with Crippen LogP contribution in [0.4, 0.5) is 0 Å². The Kier molecular flexibility index (Phi) is 3.64. The zero-order valence-corrected chi connectivity index (χ0v) is 5.54. The molecule has 0 aliphatic rings. The fourth-order valence-corrected chi connectivity index (χ4v) is 0.440. The zero-order chi connectivity index (χ0) is 8.15. The number of hydrogen-bond acceptors (Lipinski definition) is 3. The van der Waals surface area contributed by atoms with Crippen molar-refractivity contribution in [1.29, 1.82) is 0 Å². The maximum Gasteiger partial charge on any atom is 0.303 e. The van der Waals surface area contributed by atoms with Gasteiger partial charge in [-0.15, -0.1) is 0 Å². The van der Waals surface area contributed by atoms with Crippen LogP contribution in [-0.4, -0.2) is 22.9 Å². The van der Waals surface area contributed by atoms with Gasteiger partial charge in [0.1, 0.15) is 5.78 Å². The lowest BCUT2D eigenvalue weighted by Crippen LogP contribution is -2.28. The van der Waals surface area contributed by atoms with Crippen LogP contribution in [-0.2, 0) is 9.59 Å². The van der Waals surface area contributed by atoms with Crippen molar-refractivity contribution in [3.05, 3.63) is 6.92 Å². The molecule has 1 radical (unpaired) electrons. The van der Waals surface area contributed by atoms with E-state index in [-0.39, 0.29) is 12.8 Å². The van der Waals surface area contributed by atoms with Gasteiger partial charge >= 0.3 is 5.97 Å². The Morgan fingerprint density at radius 3 is 2.40 bits per heavy atom. The molecular formula is C6H10NO3. The zero-order valence-electron chi connectivity index (χ0n) is 5.54. The van der Waals surface area contributed by atoms with Crippen molar-refractivity contribution in [3.8, 4) is 0 Å². The smallest absolute Gasteiger partial charge is 0.303 e. The SMILES string of the molecule is [CH2]C(=O)[C@@H](N)CCC(=O)O. The molecule has 3 N–H and O–H groups in total. The van der Waals surface area contributed by atoms with Crippen LogP contribution in [0.2, 0.25) is 0 Å². The first-order valence-electron chi connectivity index (χ1n) is 2.87. The fourth-order valence-electron chi connectivity index (χ4n) is 0.440. The van der Waals surface area contributed by atoms with E-state index < -0.39 is 17.8 Å². The highest BCUT2D eigenvalue weighted by Crippen LogP contribution is 1.94. The third-order valence-corrected chi connectivity index (χ3v) is 1.08. The van der Waals surface area contributed by atoms with E-state index in [1.807, 2.05) is 0 Å². The molecule has 0 unspecified atom stereocenters. The van der Waals surface area contributed by atoms with E-state index in [2.05, 4.69) is 6.92 Å². The molecular weight excluding hydrogens is 134 g/mol. The van der Waals surface area contributed by atoms with Crippen LogP contribution >= 0.6 is 0 Å². The summed E-state index contributed by atoms with van der Waals surface area (Å²) < 4.78 is 0. The molecule has 0 spiro atoms. The van der Waals surface area contributed by atoms with Gasteiger partial charge in [-0.2, -0.15) is 0 Å². The molecule has 0 rings (SSSR count). The predicted molar refractivity (Wildman–Crippen MR) is 35.2 cm³/mol. The largest absolute Gasteiger partial charge is 0.481 e. The van der Waals surface area contributed by atoms with Crippen molar-refractivity contribution >= 4 is 11.8 Å². The van der Waals surface area contributed by atoms with Crippen molar-refractivity contribution in [3.63, 3.8) is 0 Å². The third kappa shape index (κ3) is 4.03. The molecule has 57 valence electrons. The number of carboxylic acids is 1. The van der Waals surface area contributed by atoms with Gasteiger partial charge in [0.2, 0.25) is 0 Å². The summed E-state index contributed by atoms with van der Waals surface area (Å²) in [4.78, 5) is 20.3. The minimum Gasteiger partial charge on any atom is -0.481 e. The second-order valence-electron chi connectivity index (χ2n) is 2.01. The van der Waals surface area contributed by atoms with Crippen LogP contribution in [0.5, 0.6) is 0 Å². The molecule has 0 heterocycles. The summed E-state index contributed by atoms with van der Waals surface area (Å²) in [5, 5.41) is 8.16. The Morgan fingerprint density at radius 1 is 1.60 bits per heavy atom. The van der Waals surface area contributed by atoms with Gasteiger partial charge in [0.25, 0.3) is 0 Å². The summed E-state index contributed by atoms with van der Waals surface area (Å²) in [6.07, 6.45) is 0.0834. The number of carboxylic acid groups (broad SMARTS) is 1. The highest BCUT2D eigenvalue weighted by Gasteiger charge is 2.09. The summed E-state index contributed by atoms with van der Waals surface area (Å²) >= 11 is 0. The van der Waals surface area contributed by atoms with E-state index in [4.69, 9.17) is 10.8 Å². The van der Waals surface area contributed by atoms with Crippen LogP contribution in [0.25, 0.3) is 0 Å². The van der Waals surface area contributed by atoms with Crippen LogP contribution in [0.3, 0.4) is 0 Å². The lowest BCUT2D eigenvalue weighted by Gasteiger charge is -2.03. The molecule has 0 aromatic carbocycles. The molecule has 0 bridgehead atoms. The number of hydrogen-bond donors (Lipinski definition) is 2. The highest BCUT2D eigenvalue weighted by molar-refractivity contribution is 5.87. The average molecular weight is 144 g/mol. The van der Waals surface area contributed by atoms with Crippen molar-refractivity contribution in [2.24, 2.45) is 5.73 Å². The van der Waals surface area contributed by atoms with Gasteiger partial charge in [-0.1, -0.05) is 0 Å². The first kappa shape index (κ1) is 9.10. The Bertz CT molecular complexity index is 144. The second kappa shape index (κ2) is 4.00. The molecule has 1 atom stereocenters. The number of aliphatic carboxylic acids is 1. The molecule has 0 amide bonds. The molecule has 10 heavy (non-hydrogen) atoms. The average Bonchev–Trinajstić information content (AvgIpc) is 1.82. The van der Waals surface area contributed by atoms with E-state index in [0.717, 1.165) is 0 Å². The Hall–Kier alpha value is -0.900. The van der Waals surface area contributed by atoms with Gasteiger partial charge in [0.15, 0.2) is 0 Å². The van der Waals surface area contributed by atoms with Crippen molar-refractivity contribution in [1.82, 2.24) is 0 Å². The number of ketones is 1. The molecule has 0 fully saturated rings. The molecule has 0 saturated heterocycles. The van der Waals surface area contributed by atoms with Crippen molar-refractivity contribution in [2.75, 3.05) is 0 Å². The first-order chi connectivity index (χ1) is 4.54. The fraction of sp³-hybridized carbons (Fsp3) is 0.500. The van der Waals surface area contributed by atoms with Crippen LogP contribution < -0.4 is 5.73 Å². The van der Waals surface area contributed by atoms with E-state index in [9.17, 15) is 9.59 Å². The summed E-state index contributed by atoms with van der Waals surface area (Å²) in [6.45, 7) is 3.06. The Morgan fingerprint density at radius 2 is 2.10 bits per heavy atom. The summed E-state index contributed by atoms with van der Waals surface area (Å²) in [7, 11) is 0. The van der Waals surface area contributed by atoms with Gasteiger partial charge in [0, 0.05) is 13.3 Å². The monoisotopic (exact) mass is 144 g/mol. The van der Waals surface area contributed by atoms with E-state index in [0.29, 0.717) is 0 Å². The standard InChI is InChI=1S/C6H10NO3/c1-4(8)5(7)2-3-6(9)10/h5H,1-3,7H2,(H,9,10)/t5-/m0/s1. The van der Waals surface area contributed by atoms with E-state index in [1.165, 1.54) is 0 Å². The lowest BCUT2D eigenvalue weighted by molar-refractivity contribution is -0.137. The van der Waals surface area contributed by atoms with E-state index >= 15 is 0 Å². The molecule has 4 heteroatoms. The maximum atomic E-state index is 10.3. The molecule has 0 aromatic heterocycles. The number of carbonyl (C=O) groups excluding carboxylic acids is 1. The topological polar surface area (TPSA) is 80.4 Å². The third-order valence-electron chi connectivity index (χ3n) is 1.08. The summed E-state index contributed by atoms with van der Waals surface area (Å²) in [5.74, 6) is -1.36. The van der Waals surface area contributed by atoms with Gasteiger partial charge in [0.05, 0.1) is 6.04 Å². The predicted octanol–water partition coefficient (Wildman–Crippen LogP) is -0.418. The molecule has 0 aromatic rings. The maximum absolute atomic E-state index is 10.3. The van der Waals surface area contributed by atoms with Gasteiger partial charge in [-0.3, -0.25) is 9.59 Å². The lowest BCUT2D eigenvalue weighted by atomic mass is 10.1. The van der Waals surface area contributed by atoms with E-state index in [1.54, 1.807) is 0 Å². The Balaban J connectivity index is 3.49. The quantitative estimate of drug-likeness (QED) is 0.561. The molecule has 0 aliphatic carbocycles. The number of carbonyl (C=O) groups is 2. The number of nitrogens with two attached hydrogens (primary N) is 1. The summed E-state index contributed by atoms with van der Waals surface area (Å²) in [5.41, 5.74) is 5.19. The number of Topliss-reactive ketones (excluding diaryl/α,β-unsaturated/α-hetero) is 1. The van der Waals surface area contributed by atoms with Crippen molar-refractivity contribution in [2.45, 2.75) is 18.9 Å². The Labute approximate surface area is 59.0 Å². The van der Waals surface area contributed by atoms with Crippen LogP contribution in [0.15, 0.2) is 0 Å². The summed E-state index contributed by atoms with van der Waals surface area (Å²) in [6, 6.07) is -0.726. The van der Waals surface area contributed by atoms with Crippen molar-refractivity contribution < 1.29 is 14.7 Å². The highest BCUT2D eigenvalue weighted by atomic mass is 16.4. The first-order valence-corrected chi connectivity index (χ1v) is 2.87. The molecule has 0 saturated carbocycles. The minimum absolute atomic E-state index is 0.0809. The van der Waals surface area contributed by atoms with Gasteiger partial charge in [-0.05, 0) is 6.42 Å². The number of rotatable bonds is 4. The normalized spacial score (nSPS) is 12.6. The second-order valence-corrected chi connectivity index (χ2v) is 2.01. The van der Waals surface area contributed by atoms with Crippen LogP contribution in [0, 0.1) is 6.92 Å². The molecule has 0 aliphatic heterocycles. The van der Waals surface area contributed by atoms with Gasteiger partial charge in [-0.25, -0.2) is 0 Å². The van der Waals surface area contributed by atoms with Crippen LogP contribution in [0.1, 0.15) is 12.8 Å².